The summed E-state index contributed by atoms with van der Waals surface area (Å²) in [5, 5.41) is 13.2. The van der Waals surface area contributed by atoms with Gasteiger partial charge in [0.2, 0.25) is 0 Å². The van der Waals surface area contributed by atoms with Crippen LogP contribution in [-0.4, -0.2) is 33.5 Å². The van der Waals surface area contributed by atoms with E-state index in [0.29, 0.717) is 6.42 Å². The molecule has 2 aromatic heterocycles. The molecular weight excluding hydrogens is 344 g/mol. The molecule has 0 bridgehead atoms. The van der Waals surface area contributed by atoms with Crippen molar-refractivity contribution in [1.82, 2.24) is 9.88 Å². The van der Waals surface area contributed by atoms with E-state index < -0.39 is 12.0 Å². The second-order valence-corrected chi connectivity index (χ2v) is 7.79. The van der Waals surface area contributed by atoms with Gasteiger partial charge in [0.05, 0.1) is 11.7 Å². The maximum Gasteiger partial charge on any atom is 0.320 e. The minimum Gasteiger partial charge on any atom is -0.480 e. The quantitative estimate of drug-likeness (QED) is 0.731. The Labute approximate surface area is 157 Å². The van der Waals surface area contributed by atoms with Crippen LogP contribution in [0.25, 0.3) is 10.1 Å². The molecule has 2 atom stereocenters. The molecule has 26 heavy (non-hydrogen) atoms. The van der Waals surface area contributed by atoms with Crippen LogP contribution in [0.1, 0.15) is 42.1 Å². The molecule has 3 aromatic rings. The molecule has 4 nitrogen and oxygen atoms in total. The van der Waals surface area contributed by atoms with Crippen LogP contribution in [0.2, 0.25) is 0 Å². The standard InChI is InChI=1S/C21H22N2O2S/c1-14-7-6-11-22-19(14)20(23-12-5-4-9-17(23)21(24)25)16-13-26-18-10-3-2-8-15(16)18/h2-3,6-8,10-11,13,17,20H,4-5,9,12H2,1H3,(H,24,25). The molecule has 1 N–H and O–H groups in total. The van der Waals surface area contributed by atoms with Crippen LogP contribution < -0.4 is 0 Å². The Bertz CT molecular complexity index is 936. The molecule has 5 heteroatoms. The van der Waals surface area contributed by atoms with Crippen molar-refractivity contribution in [2.75, 3.05) is 6.54 Å². The maximum atomic E-state index is 12.0. The average Bonchev–Trinajstić information content (AvgIpc) is 3.08. The Kier molecular flexibility index (Phi) is 4.74. The normalized spacial score (nSPS) is 19.5. The van der Waals surface area contributed by atoms with Crippen molar-refractivity contribution >= 4 is 27.4 Å². The Morgan fingerprint density at radius 2 is 2.12 bits per heavy atom. The third kappa shape index (κ3) is 3.02. The summed E-state index contributed by atoms with van der Waals surface area (Å²) in [7, 11) is 0. The molecule has 0 spiro atoms. The lowest BCUT2D eigenvalue weighted by Crippen LogP contribution is -2.47. The highest BCUT2D eigenvalue weighted by atomic mass is 32.1. The van der Waals surface area contributed by atoms with Gasteiger partial charge in [-0.05, 0) is 60.3 Å². The van der Waals surface area contributed by atoms with Gasteiger partial charge in [-0.15, -0.1) is 11.3 Å². The minimum atomic E-state index is -0.734. The molecule has 2 unspecified atom stereocenters. The Morgan fingerprint density at radius 1 is 1.27 bits per heavy atom. The third-order valence-corrected chi connectivity index (χ3v) is 6.26. The highest BCUT2D eigenvalue weighted by Crippen LogP contribution is 2.40. The topological polar surface area (TPSA) is 53.4 Å². The monoisotopic (exact) mass is 366 g/mol. The number of carbonyl (C=O) groups is 1. The average molecular weight is 366 g/mol. The summed E-state index contributed by atoms with van der Waals surface area (Å²) in [6.07, 6.45) is 4.49. The largest absolute Gasteiger partial charge is 0.480 e. The van der Waals surface area contributed by atoms with E-state index in [9.17, 15) is 9.90 Å². The van der Waals surface area contributed by atoms with Crippen LogP contribution in [0.3, 0.4) is 0 Å². The number of nitrogens with zero attached hydrogens (tertiary/aromatic N) is 2. The van der Waals surface area contributed by atoms with Gasteiger partial charge in [-0.3, -0.25) is 14.7 Å². The highest BCUT2D eigenvalue weighted by Gasteiger charge is 2.37. The zero-order valence-electron chi connectivity index (χ0n) is 14.8. The minimum absolute atomic E-state index is 0.131. The number of piperidine rings is 1. The number of carboxylic acids is 1. The summed E-state index contributed by atoms with van der Waals surface area (Å²) in [5.74, 6) is -0.734. The molecule has 1 aromatic carbocycles. The van der Waals surface area contributed by atoms with Crippen molar-refractivity contribution in [1.29, 1.82) is 0 Å². The van der Waals surface area contributed by atoms with Gasteiger partial charge in [0.15, 0.2) is 0 Å². The molecule has 1 fully saturated rings. The summed E-state index contributed by atoms with van der Waals surface area (Å²) in [6.45, 7) is 2.84. The van der Waals surface area contributed by atoms with E-state index in [-0.39, 0.29) is 6.04 Å². The van der Waals surface area contributed by atoms with E-state index >= 15 is 0 Å². The smallest absolute Gasteiger partial charge is 0.320 e. The van der Waals surface area contributed by atoms with Crippen molar-refractivity contribution in [3.8, 4) is 0 Å². The van der Waals surface area contributed by atoms with Crippen molar-refractivity contribution in [3.63, 3.8) is 0 Å². The molecule has 0 aliphatic carbocycles. The van der Waals surface area contributed by atoms with Gasteiger partial charge in [-0.2, -0.15) is 0 Å². The second kappa shape index (κ2) is 7.17. The number of pyridine rings is 1. The number of fused-ring (bicyclic) bond motifs is 1. The fourth-order valence-electron chi connectivity index (χ4n) is 4.01. The lowest BCUT2D eigenvalue weighted by Gasteiger charge is -2.39. The van der Waals surface area contributed by atoms with Gasteiger partial charge in [0, 0.05) is 10.9 Å². The lowest BCUT2D eigenvalue weighted by molar-refractivity contribution is -0.145. The summed E-state index contributed by atoms with van der Waals surface area (Å²) in [5.41, 5.74) is 3.23. The van der Waals surface area contributed by atoms with Crippen LogP contribution in [0.4, 0.5) is 0 Å². The third-order valence-electron chi connectivity index (χ3n) is 5.28. The fraction of sp³-hybridized carbons (Fsp3) is 0.333. The van der Waals surface area contributed by atoms with E-state index in [4.69, 9.17) is 0 Å². The van der Waals surface area contributed by atoms with Crippen LogP contribution in [0.15, 0.2) is 48.0 Å². The van der Waals surface area contributed by atoms with E-state index in [0.717, 1.165) is 30.6 Å². The first-order valence-corrected chi connectivity index (χ1v) is 9.91. The summed E-state index contributed by atoms with van der Waals surface area (Å²) in [6, 6.07) is 11.7. The fourth-order valence-corrected chi connectivity index (χ4v) is 4.99. The first-order chi connectivity index (χ1) is 12.7. The van der Waals surface area contributed by atoms with Gasteiger partial charge in [0.1, 0.15) is 6.04 Å². The number of rotatable bonds is 4. The van der Waals surface area contributed by atoms with Crippen molar-refractivity contribution in [2.45, 2.75) is 38.3 Å². The van der Waals surface area contributed by atoms with Crippen LogP contribution >= 0.6 is 11.3 Å². The number of aryl methyl sites for hydroxylation is 1. The molecule has 1 aliphatic heterocycles. The Morgan fingerprint density at radius 3 is 2.92 bits per heavy atom. The van der Waals surface area contributed by atoms with Crippen molar-refractivity contribution in [2.24, 2.45) is 0 Å². The Hall–Kier alpha value is -2.24. The van der Waals surface area contributed by atoms with Crippen molar-refractivity contribution in [3.05, 3.63) is 64.8 Å². The molecule has 1 saturated heterocycles. The van der Waals surface area contributed by atoms with Gasteiger partial charge in [0.25, 0.3) is 0 Å². The van der Waals surface area contributed by atoms with Crippen LogP contribution in [0.5, 0.6) is 0 Å². The number of likely N-dealkylation sites (tertiary alicyclic amines) is 1. The molecule has 3 heterocycles. The van der Waals surface area contributed by atoms with Crippen LogP contribution in [0, 0.1) is 6.92 Å². The van der Waals surface area contributed by atoms with E-state index in [1.165, 1.54) is 15.6 Å². The van der Waals surface area contributed by atoms with Crippen molar-refractivity contribution < 1.29 is 9.90 Å². The zero-order valence-corrected chi connectivity index (χ0v) is 15.6. The lowest BCUT2D eigenvalue weighted by atomic mass is 9.92. The first-order valence-electron chi connectivity index (χ1n) is 9.03. The van der Waals surface area contributed by atoms with E-state index in [1.807, 2.05) is 24.4 Å². The molecule has 0 saturated carbocycles. The second-order valence-electron chi connectivity index (χ2n) is 6.88. The molecule has 0 amide bonds. The van der Waals surface area contributed by atoms with E-state index in [2.05, 4.69) is 40.4 Å². The SMILES string of the molecule is Cc1cccnc1C(c1csc2ccccc12)N1CCCCC1C(=O)O. The molecule has 1 aliphatic rings. The number of thiophene rings is 1. The summed E-state index contributed by atoms with van der Waals surface area (Å²) < 4.78 is 1.23. The molecular formula is C21H22N2O2S. The number of hydrogen-bond donors (Lipinski definition) is 1. The molecule has 134 valence electrons. The van der Waals surface area contributed by atoms with Gasteiger partial charge < -0.3 is 5.11 Å². The Balaban J connectivity index is 1.90. The summed E-state index contributed by atoms with van der Waals surface area (Å²) >= 11 is 1.71. The van der Waals surface area contributed by atoms with E-state index in [1.54, 1.807) is 11.3 Å². The maximum absolute atomic E-state index is 12.0. The van der Waals surface area contributed by atoms with Crippen LogP contribution in [-0.2, 0) is 4.79 Å². The highest BCUT2D eigenvalue weighted by molar-refractivity contribution is 7.17. The number of benzene rings is 1. The predicted octanol–water partition coefficient (Wildman–Crippen LogP) is 4.63. The number of aromatic nitrogens is 1. The number of carboxylic acid groups (broad SMARTS) is 1. The molecule has 0 radical (unpaired) electrons. The van der Waals surface area contributed by atoms with Gasteiger partial charge in [-0.1, -0.05) is 30.7 Å². The number of hydrogen-bond acceptors (Lipinski definition) is 4. The first kappa shape index (κ1) is 17.2. The zero-order chi connectivity index (χ0) is 18.1. The predicted molar refractivity (Wildman–Crippen MR) is 105 cm³/mol. The van der Waals surface area contributed by atoms with Gasteiger partial charge >= 0.3 is 5.97 Å². The molecule has 4 rings (SSSR count). The van der Waals surface area contributed by atoms with Gasteiger partial charge in [-0.25, -0.2) is 0 Å². The summed E-state index contributed by atoms with van der Waals surface area (Å²) in [4.78, 5) is 18.8. The number of aliphatic carboxylic acids is 1.